The number of amides is 3. The Bertz CT molecular complexity index is 720. The standard InChI is InChI=1S/C20H26N2O3/c1-12-9-14(3)16(10-13(12)2)17(23)11-22-19(24)18(21-20(22)25)15-7-5-4-6-8-15/h9-10,15,18H,4-8,11H2,1-3H3,(H,21,25)/t18-/m1/s1. The minimum atomic E-state index is -0.457. The average Bonchev–Trinajstić information content (AvgIpc) is 2.87. The largest absolute Gasteiger partial charge is 0.326 e. The molecule has 0 bridgehead atoms. The third kappa shape index (κ3) is 3.46. The van der Waals surface area contributed by atoms with Gasteiger partial charge in [0, 0.05) is 5.56 Å². The van der Waals surface area contributed by atoms with Gasteiger partial charge in [0.05, 0.1) is 6.54 Å². The van der Waals surface area contributed by atoms with Crippen molar-refractivity contribution in [1.82, 2.24) is 10.2 Å². The third-order valence-corrected chi connectivity index (χ3v) is 5.62. The molecule has 1 saturated carbocycles. The summed E-state index contributed by atoms with van der Waals surface area (Å²) in [5, 5.41) is 2.80. The molecule has 1 saturated heterocycles. The predicted octanol–water partition coefficient (Wildman–Crippen LogP) is 3.30. The molecule has 2 fully saturated rings. The van der Waals surface area contributed by atoms with Gasteiger partial charge in [0.1, 0.15) is 6.04 Å². The normalized spacial score (nSPS) is 21.6. The smallest absolute Gasteiger partial charge is 0.325 e. The molecule has 1 aromatic carbocycles. The number of urea groups is 1. The zero-order chi connectivity index (χ0) is 18.1. The number of Topliss-reactive ketones (excluding diaryl/α,β-unsaturated/α-hetero) is 1. The first kappa shape index (κ1) is 17.6. The number of benzene rings is 1. The Hall–Kier alpha value is -2.17. The Kier molecular flexibility index (Phi) is 4.93. The molecule has 0 radical (unpaired) electrons. The Labute approximate surface area is 148 Å². The summed E-state index contributed by atoms with van der Waals surface area (Å²) < 4.78 is 0. The molecule has 1 aromatic rings. The highest BCUT2D eigenvalue weighted by atomic mass is 16.2. The maximum atomic E-state index is 12.7. The number of hydrogen-bond donors (Lipinski definition) is 1. The maximum Gasteiger partial charge on any atom is 0.325 e. The molecule has 1 aliphatic carbocycles. The number of rotatable bonds is 4. The van der Waals surface area contributed by atoms with E-state index in [0.717, 1.165) is 47.3 Å². The highest BCUT2D eigenvalue weighted by Gasteiger charge is 2.43. The van der Waals surface area contributed by atoms with E-state index >= 15 is 0 Å². The van der Waals surface area contributed by atoms with Crippen LogP contribution in [0.5, 0.6) is 0 Å². The average molecular weight is 342 g/mol. The third-order valence-electron chi connectivity index (χ3n) is 5.62. The molecular formula is C20H26N2O3. The van der Waals surface area contributed by atoms with Crippen LogP contribution in [0.2, 0.25) is 0 Å². The number of imide groups is 1. The van der Waals surface area contributed by atoms with Gasteiger partial charge in [-0.3, -0.25) is 14.5 Å². The number of hydrogen-bond acceptors (Lipinski definition) is 3. The number of carbonyl (C=O) groups excluding carboxylic acids is 3. The van der Waals surface area contributed by atoms with Crippen LogP contribution >= 0.6 is 0 Å². The summed E-state index contributed by atoms with van der Waals surface area (Å²) in [6.07, 6.45) is 5.33. The molecule has 134 valence electrons. The second-order valence-corrected chi connectivity index (χ2v) is 7.42. The van der Waals surface area contributed by atoms with Crippen LogP contribution in [0.15, 0.2) is 12.1 Å². The number of ketones is 1. The van der Waals surface area contributed by atoms with Crippen LogP contribution in [0.3, 0.4) is 0 Å². The van der Waals surface area contributed by atoms with E-state index in [-0.39, 0.29) is 24.2 Å². The number of nitrogens with zero attached hydrogens (tertiary/aromatic N) is 1. The first-order valence-corrected chi connectivity index (χ1v) is 9.11. The van der Waals surface area contributed by atoms with Crippen molar-refractivity contribution < 1.29 is 14.4 Å². The zero-order valence-corrected chi connectivity index (χ0v) is 15.2. The van der Waals surface area contributed by atoms with Crippen LogP contribution in [0.4, 0.5) is 4.79 Å². The molecule has 3 rings (SSSR count). The molecule has 25 heavy (non-hydrogen) atoms. The minimum Gasteiger partial charge on any atom is -0.326 e. The molecule has 1 N–H and O–H groups in total. The van der Waals surface area contributed by atoms with Gasteiger partial charge in [-0.1, -0.05) is 25.3 Å². The van der Waals surface area contributed by atoms with Crippen LogP contribution in [-0.2, 0) is 4.79 Å². The number of nitrogens with one attached hydrogen (secondary N) is 1. The van der Waals surface area contributed by atoms with Crippen LogP contribution in [0, 0.1) is 26.7 Å². The van der Waals surface area contributed by atoms with Crippen molar-refractivity contribution in [3.05, 3.63) is 34.4 Å². The Morgan fingerprint density at radius 3 is 2.36 bits per heavy atom. The quantitative estimate of drug-likeness (QED) is 0.674. The number of aryl methyl sites for hydroxylation is 3. The molecule has 1 atom stereocenters. The molecule has 3 amide bonds. The van der Waals surface area contributed by atoms with Gasteiger partial charge in [0.2, 0.25) is 0 Å². The minimum absolute atomic E-state index is 0.183. The highest BCUT2D eigenvalue weighted by molar-refractivity contribution is 6.09. The summed E-state index contributed by atoms with van der Waals surface area (Å²) in [6.45, 7) is 5.66. The Morgan fingerprint density at radius 2 is 1.68 bits per heavy atom. The van der Waals surface area contributed by atoms with Crippen molar-refractivity contribution in [2.24, 2.45) is 5.92 Å². The van der Waals surface area contributed by atoms with Crippen molar-refractivity contribution >= 4 is 17.7 Å². The Balaban J connectivity index is 1.74. The van der Waals surface area contributed by atoms with Gasteiger partial charge < -0.3 is 5.32 Å². The molecule has 0 unspecified atom stereocenters. The first-order valence-electron chi connectivity index (χ1n) is 9.11. The fourth-order valence-electron chi connectivity index (χ4n) is 3.97. The summed E-state index contributed by atoms with van der Waals surface area (Å²) in [5.74, 6) is -0.228. The van der Waals surface area contributed by atoms with E-state index in [1.165, 1.54) is 6.42 Å². The fourth-order valence-corrected chi connectivity index (χ4v) is 3.97. The SMILES string of the molecule is Cc1cc(C)c(C(=O)CN2C(=O)N[C@H](C3CCCCC3)C2=O)cc1C. The molecule has 5 nitrogen and oxygen atoms in total. The highest BCUT2D eigenvalue weighted by Crippen LogP contribution is 2.29. The lowest BCUT2D eigenvalue weighted by atomic mass is 9.84. The van der Waals surface area contributed by atoms with E-state index in [2.05, 4.69) is 5.32 Å². The molecule has 0 aromatic heterocycles. The lowest BCUT2D eigenvalue weighted by Gasteiger charge is -2.25. The predicted molar refractivity (Wildman–Crippen MR) is 95.6 cm³/mol. The van der Waals surface area contributed by atoms with Gasteiger partial charge in [0.25, 0.3) is 5.91 Å². The first-order chi connectivity index (χ1) is 11.9. The van der Waals surface area contributed by atoms with Crippen molar-refractivity contribution in [1.29, 1.82) is 0 Å². The van der Waals surface area contributed by atoms with Gasteiger partial charge in [-0.2, -0.15) is 0 Å². The van der Waals surface area contributed by atoms with Crippen LogP contribution in [0.1, 0.15) is 59.2 Å². The summed E-state index contributed by atoms with van der Waals surface area (Å²) >= 11 is 0. The van der Waals surface area contributed by atoms with Crippen molar-refractivity contribution in [2.45, 2.75) is 58.9 Å². The number of carbonyl (C=O) groups is 3. The summed E-state index contributed by atoms with van der Waals surface area (Å²) in [5.41, 5.74) is 3.63. The maximum absolute atomic E-state index is 12.7. The molecule has 1 heterocycles. The monoisotopic (exact) mass is 342 g/mol. The van der Waals surface area contributed by atoms with Crippen LogP contribution in [-0.4, -0.2) is 35.2 Å². The van der Waals surface area contributed by atoms with Gasteiger partial charge in [-0.15, -0.1) is 0 Å². The van der Waals surface area contributed by atoms with Crippen LogP contribution in [0.25, 0.3) is 0 Å². The van der Waals surface area contributed by atoms with E-state index < -0.39 is 12.1 Å². The van der Waals surface area contributed by atoms with E-state index in [0.29, 0.717) is 5.56 Å². The summed E-state index contributed by atoms with van der Waals surface area (Å²) in [6, 6.07) is 2.93. The molecular weight excluding hydrogens is 316 g/mol. The van der Waals surface area contributed by atoms with E-state index in [1.54, 1.807) is 0 Å². The van der Waals surface area contributed by atoms with Gasteiger partial charge in [0.15, 0.2) is 5.78 Å². The van der Waals surface area contributed by atoms with Crippen molar-refractivity contribution in [2.75, 3.05) is 6.54 Å². The van der Waals surface area contributed by atoms with Crippen LogP contribution < -0.4 is 5.32 Å². The second kappa shape index (κ2) is 6.98. The fraction of sp³-hybridized carbons (Fsp3) is 0.550. The lowest BCUT2D eigenvalue weighted by molar-refractivity contribution is -0.128. The zero-order valence-electron chi connectivity index (χ0n) is 15.2. The topological polar surface area (TPSA) is 66.5 Å². The van der Waals surface area contributed by atoms with Crippen molar-refractivity contribution in [3.8, 4) is 0 Å². The lowest BCUT2D eigenvalue weighted by Crippen LogP contribution is -2.39. The molecule has 5 heteroatoms. The Morgan fingerprint density at radius 1 is 1.04 bits per heavy atom. The molecule has 0 spiro atoms. The van der Waals surface area contributed by atoms with Gasteiger partial charge in [-0.05, 0) is 62.3 Å². The molecule has 1 aliphatic heterocycles. The van der Waals surface area contributed by atoms with Gasteiger partial charge in [-0.25, -0.2) is 4.79 Å². The van der Waals surface area contributed by atoms with Gasteiger partial charge >= 0.3 is 6.03 Å². The summed E-state index contributed by atoms with van der Waals surface area (Å²) in [7, 11) is 0. The molecule has 2 aliphatic rings. The van der Waals surface area contributed by atoms with E-state index in [4.69, 9.17) is 0 Å². The summed E-state index contributed by atoms with van der Waals surface area (Å²) in [4.78, 5) is 38.7. The van der Waals surface area contributed by atoms with E-state index in [9.17, 15) is 14.4 Å². The van der Waals surface area contributed by atoms with E-state index in [1.807, 2.05) is 32.9 Å². The van der Waals surface area contributed by atoms with Crippen molar-refractivity contribution in [3.63, 3.8) is 0 Å². The second-order valence-electron chi connectivity index (χ2n) is 7.42.